The molecule has 0 bridgehead atoms. The highest BCUT2D eigenvalue weighted by Gasteiger charge is 2.23. The zero-order valence-corrected chi connectivity index (χ0v) is 14.7. The van der Waals surface area contributed by atoms with E-state index < -0.39 is 0 Å². The van der Waals surface area contributed by atoms with Gasteiger partial charge in [-0.1, -0.05) is 0 Å². The third kappa shape index (κ3) is 4.75. The molecule has 1 N–H and O–H groups in total. The van der Waals surface area contributed by atoms with Crippen LogP contribution in [0.5, 0.6) is 0 Å². The lowest BCUT2D eigenvalue weighted by molar-refractivity contribution is 0.103. The standard InChI is InChI=1S/C17H32N6/c1-15(2)23-11-9-21(10-12-23)7-4-8-22-6-3-5-16(13-22)17-18-14-19-20-17/h14-16H,3-13H2,1-2H3,(H,18,19,20)/t16-/m0/s1. The molecule has 0 amide bonds. The maximum Gasteiger partial charge on any atom is 0.137 e. The molecular formula is C17H32N6. The first-order valence-corrected chi connectivity index (χ1v) is 9.26. The van der Waals surface area contributed by atoms with Crippen LogP contribution in [0.4, 0.5) is 0 Å². The Morgan fingerprint density at radius 3 is 2.61 bits per heavy atom. The predicted molar refractivity (Wildman–Crippen MR) is 92.6 cm³/mol. The van der Waals surface area contributed by atoms with Crippen LogP contribution in [-0.4, -0.2) is 88.3 Å². The number of aromatic amines is 1. The molecule has 1 atom stereocenters. The van der Waals surface area contributed by atoms with Crippen LogP contribution in [0.2, 0.25) is 0 Å². The van der Waals surface area contributed by atoms with Gasteiger partial charge in [0.2, 0.25) is 0 Å². The van der Waals surface area contributed by atoms with Gasteiger partial charge < -0.3 is 9.80 Å². The van der Waals surface area contributed by atoms with Crippen LogP contribution < -0.4 is 0 Å². The molecule has 1 aromatic heterocycles. The molecule has 0 unspecified atom stereocenters. The lowest BCUT2D eigenvalue weighted by Crippen LogP contribution is -2.49. The quantitative estimate of drug-likeness (QED) is 0.859. The van der Waals surface area contributed by atoms with Gasteiger partial charge in [0.1, 0.15) is 12.2 Å². The number of rotatable bonds is 6. The summed E-state index contributed by atoms with van der Waals surface area (Å²) < 4.78 is 0. The van der Waals surface area contributed by atoms with E-state index in [1.165, 1.54) is 65.1 Å². The van der Waals surface area contributed by atoms with Crippen molar-refractivity contribution in [2.24, 2.45) is 0 Å². The number of nitrogens with one attached hydrogen (secondary N) is 1. The van der Waals surface area contributed by atoms with E-state index in [1.54, 1.807) is 6.33 Å². The van der Waals surface area contributed by atoms with Gasteiger partial charge in [-0.15, -0.1) is 0 Å². The molecule has 2 aliphatic heterocycles. The van der Waals surface area contributed by atoms with E-state index >= 15 is 0 Å². The fraction of sp³-hybridized carbons (Fsp3) is 0.882. The van der Waals surface area contributed by atoms with Gasteiger partial charge in [-0.25, -0.2) is 4.98 Å². The van der Waals surface area contributed by atoms with Crippen molar-refractivity contribution in [3.63, 3.8) is 0 Å². The van der Waals surface area contributed by atoms with Gasteiger partial charge in [0, 0.05) is 44.7 Å². The van der Waals surface area contributed by atoms with Crippen LogP contribution in [-0.2, 0) is 0 Å². The van der Waals surface area contributed by atoms with Crippen molar-refractivity contribution in [3.05, 3.63) is 12.2 Å². The number of hydrogen-bond acceptors (Lipinski definition) is 5. The zero-order valence-electron chi connectivity index (χ0n) is 14.7. The van der Waals surface area contributed by atoms with Crippen molar-refractivity contribution in [3.8, 4) is 0 Å². The van der Waals surface area contributed by atoms with Gasteiger partial charge in [0.05, 0.1) is 0 Å². The molecule has 2 fully saturated rings. The average Bonchev–Trinajstić information content (AvgIpc) is 3.10. The first kappa shape index (κ1) is 16.9. The number of hydrogen-bond donors (Lipinski definition) is 1. The van der Waals surface area contributed by atoms with E-state index in [2.05, 4.69) is 43.7 Å². The van der Waals surface area contributed by atoms with Gasteiger partial charge >= 0.3 is 0 Å². The molecule has 0 aliphatic carbocycles. The molecular weight excluding hydrogens is 288 g/mol. The SMILES string of the molecule is CC(C)N1CCN(CCCN2CCC[C@H](c3ncn[nH]3)C2)CC1. The molecule has 3 rings (SSSR count). The Morgan fingerprint density at radius 1 is 1.13 bits per heavy atom. The predicted octanol–water partition coefficient (Wildman–Crippen LogP) is 1.40. The van der Waals surface area contributed by atoms with E-state index in [4.69, 9.17) is 0 Å². The smallest absolute Gasteiger partial charge is 0.137 e. The number of nitrogens with zero attached hydrogens (tertiary/aromatic N) is 5. The van der Waals surface area contributed by atoms with E-state index in [0.717, 1.165) is 12.4 Å². The highest BCUT2D eigenvalue weighted by Crippen LogP contribution is 2.23. The highest BCUT2D eigenvalue weighted by molar-refractivity contribution is 4.96. The third-order valence-corrected chi connectivity index (χ3v) is 5.41. The lowest BCUT2D eigenvalue weighted by atomic mass is 9.97. The first-order chi connectivity index (χ1) is 11.2. The second-order valence-electron chi connectivity index (χ2n) is 7.34. The van der Waals surface area contributed by atoms with Crippen LogP contribution in [0.3, 0.4) is 0 Å². The van der Waals surface area contributed by atoms with Crippen LogP contribution in [0.15, 0.2) is 6.33 Å². The molecule has 3 heterocycles. The first-order valence-electron chi connectivity index (χ1n) is 9.26. The monoisotopic (exact) mass is 320 g/mol. The molecule has 23 heavy (non-hydrogen) atoms. The summed E-state index contributed by atoms with van der Waals surface area (Å²) in [5.74, 6) is 1.61. The molecule has 6 nitrogen and oxygen atoms in total. The molecule has 2 saturated heterocycles. The van der Waals surface area contributed by atoms with Crippen molar-refractivity contribution in [1.29, 1.82) is 0 Å². The molecule has 1 aromatic rings. The van der Waals surface area contributed by atoms with Crippen molar-refractivity contribution < 1.29 is 0 Å². The maximum atomic E-state index is 4.34. The van der Waals surface area contributed by atoms with Gasteiger partial charge in [0.15, 0.2) is 0 Å². The van der Waals surface area contributed by atoms with E-state index in [1.807, 2.05) is 0 Å². The zero-order chi connectivity index (χ0) is 16.1. The normalized spacial score (nSPS) is 25.3. The van der Waals surface area contributed by atoms with Crippen LogP contribution in [0.25, 0.3) is 0 Å². The number of piperidine rings is 1. The Kier molecular flexibility index (Phi) is 6.02. The minimum absolute atomic E-state index is 0.542. The number of likely N-dealkylation sites (tertiary alicyclic amines) is 1. The topological polar surface area (TPSA) is 51.3 Å². The molecule has 130 valence electrons. The minimum Gasteiger partial charge on any atom is -0.303 e. The Balaban J connectivity index is 1.34. The van der Waals surface area contributed by atoms with Gasteiger partial charge in [-0.05, 0) is 52.7 Å². The van der Waals surface area contributed by atoms with Crippen LogP contribution in [0, 0.1) is 0 Å². The van der Waals surface area contributed by atoms with E-state index in [-0.39, 0.29) is 0 Å². The Bertz CT molecular complexity index is 438. The summed E-state index contributed by atoms with van der Waals surface area (Å²) in [7, 11) is 0. The van der Waals surface area contributed by atoms with Crippen molar-refractivity contribution >= 4 is 0 Å². The van der Waals surface area contributed by atoms with E-state index in [9.17, 15) is 0 Å². The molecule has 2 aliphatic rings. The number of aromatic nitrogens is 3. The third-order valence-electron chi connectivity index (χ3n) is 5.41. The fourth-order valence-electron chi connectivity index (χ4n) is 3.91. The maximum absolute atomic E-state index is 4.34. The van der Waals surface area contributed by atoms with Crippen LogP contribution in [0.1, 0.15) is 44.9 Å². The summed E-state index contributed by atoms with van der Waals surface area (Å²) in [6.07, 6.45) is 5.43. The molecule has 0 aromatic carbocycles. The summed E-state index contributed by atoms with van der Waals surface area (Å²) in [5, 5.41) is 7.05. The fourth-order valence-corrected chi connectivity index (χ4v) is 3.91. The summed E-state index contributed by atoms with van der Waals surface area (Å²) in [4.78, 5) is 12.2. The van der Waals surface area contributed by atoms with Crippen molar-refractivity contribution in [1.82, 2.24) is 29.9 Å². The van der Waals surface area contributed by atoms with E-state index in [0.29, 0.717) is 12.0 Å². The number of piperazine rings is 1. The second-order valence-corrected chi connectivity index (χ2v) is 7.34. The van der Waals surface area contributed by atoms with Gasteiger partial charge in [-0.3, -0.25) is 10.00 Å². The second kappa shape index (κ2) is 8.22. The number of H-pyrrole nitrogens is 1. The highest BCUT2D eigenvalue weighted by atomic mass is 15.3. The van der Waals surface area contributed by atoms with Gasteiger partial charge in [0.25, 0.3) is 0 Å². The molecule has 0 spiro atoms. The largest absolute Gasteiger partial charge is 0.303 e. The summed E-state index contributed by atoms with van der Waals surface area (Å²) in [6.45, 7) is 14.4. The molecule has 0 saturated carbocycles. The minimum atomic E-state index is 0.542. The van der Waals surface area contributed by atoms with Gasteiger partial charge in [-0.2, -0.15) is 5.10 Å². The summed E-state index contributed by atoms with van der Waals surface area (Å²) in [5.41, 5.74) is 0. The Morgan fingerprint density at radius 2 is 1.91 bits per heavy atom. The summed E-state index contributed by atoms with van der Waals surface area (Å²) >= 11 is 0. The Hall–Kier alpha value is -0.980. The average molecular weight is 320 g/mol. The Labute approximate surface area is 140 Å². The lowest BCUT2D eigenvalue weighted by Gasteiger charge is -2.37. The summed E-state index contributed by atoms with van der Waals surface area (Å²) in [6, 6.07) is 0.693. The molecule has 6 heteroatoms. The van der Waals surface area contributed by atoms with Crippen molar-refractivity contribution in [2.45, 2.75) is 45.1 Å². The molecule has 0 radical (unpaired) electrons. The van der Waals surface area contributed by atoms with Crippen molar-refractivity contribution in [2.75, 3.05) is 52.4 Å². The van der Waals surface area contributed by atoms with Crippen LogP contribution >= 0.6 is 0 Å².